The number of amides is 1. The van der Waals surface area contributed by atoms with Crippen molar-refractivity contribution in [2.75, 3.05) is 13.6 Å². The molecule has 1 aromatic rings. The van der Waals surface area contributed by atoms with Crippen molar-refractivity contribution in [3.8, 4) is 0 Å². The summed E-state index contributed by atoms with van der Waals surface area (Å²) in [5.41, 5.74) is 6.34. The van der Waals surface area contributed by atoms with Gasteiger partial charge in [0, 0.05) is 24.5 Å². The fourth-order valence-corrected chi connectivity index (χ4v) is 1.87. The third kappa shape index (κ3) is 4.79. The van der Waals surface area contributed by atoms with Crippen molar-refractivity contribution in [1.82, 2.24) is 4.90 Å². The van der Waals surface area contributed by atoms with Crippen LogP contribution in [-0.4, -0.2) is 35.4 Å². The molecule has 6 heteroatoms. The molecule has 0 radical (unpaired) electrons. The van der Waals surface area contributed by atoms with Gasteiger partial charge < -0.3 is 15.8 Å². The normalized spacial score (nSPS) is 13.1. The highest BCUT2D eigenvalue weighted by Gasteiger charge is 2.15. The maximum atomic E-state index is 12.0. The molecule has 19 heavy (non-hydrogen) atoms. The largest absolute Gasteiger partial charge is 0.409 e. The molecule has 0 heterocycles. The molecule has 0 bridgehead atoms. The number of rotatable bonds is 5. The zero-order valence-corrected chi connectivity index (χ0v) is 11.8. The van der Waals surface area contributed by atoms with E-state index < -0.39 is 0 Å². The van der Waals surface area contributed by atoms with Crippen molar-refractivity contribution in [2.45, 2.75) is 13.3 Å². The topological polar surface area (TPSA) is 78.9 Å². The lowest BCUT2D eigenvalue weighted by Crippen LogP contribution is -2.37. The molecule has 0 fully saturated rings. The Morgan fingerprint density at radius 1 is 1.58 bits per heavy atom. The van der Waals surface area contributed by atoms with E-state index in [1.54, 1.807) is 31.0 Å². The maximum Gasteiger partial charge on any atom is 0.226 e. The van der Waals surface area contributed by atoms with Gasteiger partial charge in [0.1, 0.15) is 5.84 Å². The van der Waals surface area contributed by atoms with Crippen molar-refractivity contribution in [1.29, 1.82) is 0 Å². The molecule has 1 unspecified atom stereocenters. The molecular formula is C13H18ClN3O2. The summed E-state index contributed by atoms with van der Waals surface area (Å²) in [5, 5.41) is 12.1. The summed E-state index contributed by atoms with van der Waals surface area (Å²) in [4.78, 5) is 13.6. The Balaban J connectivity index is 2.58. The summed E-state index contributed by atoms with van der Waals surface area (Å²) in [6.45, 7) is 2.19. The van der Waals surface area contributed by atoms with Crippen LogP contribution in [0.3, 0.4) is 0 Å². The van der Waals surface area contributed by atoms with Gasteiger partial charge in [-0.1, -0.05) is 35.8 Å². The van der Waals surface area contributed by atoms with E-state index in [-0.39, 0.29) is 24.1 Å². The van der Waals surface area contributed by atoms with Crippen molar-refractivity contribution in [3.63, 3.8) is 0 Å². The molecule has 1 rings (SSSR count). The smallest absolute Gasteiger partial charge is 0.226 e. The molecule has 1 atom stereocenters. The third-order valence-electron chi connectivity index (χ3n) is 2.84. The zero-order chi connectivity index (χ0) is 14.4. The predicted molar refractivity (Wildman–Crippen MR) is 75.4 cm³/mol. The average Bonchev–Trinajstić information content (AvgIpc) is 2.37. The average molecular weight is 284 g/mol. The number of carbonyl (C=O) groups is 1. The molecular weight excluding hydrogens is 266 g/mol. The summed E-state index contributed by atoms with van der Waals surface area (Å²) in [6.07, 6.45) is 0.278. The predicted octanol–water partition coefficient (Wildman–Crippen LogP) is 1.72. The number of likely N-dealkylation sites (N-methyl/N-ethyl adjacent to an activating group) is 1. The summed E-state index contributed by atoms with van der Waals surface area (Å²) in [6, 6.07) is 7.19. The van der Waals surface area contributed by atoms with Gasteiger partial charge in [-0.3, -0.25) is 4.79 Å². The summed E-state index contributed by atoms with van der Waals surface area (Å²) in [5.74, 6) is -0.124. The maximum absolute atomic E-state index is 12.0. The monoisotopic (exact) mass is 283 g/mol. The van der Waals surface area contributed by atoms with Gasteiger partial charge >= 0.3 is 0 Å². The minimum Gasteiger partial charge on any atom is -0.409 e. The molecule has 0 aromatic heterocycles. The second-order valence-electron chi connectivity index (χ2n) is 4.51. The van der Waals surface area contributed by atoms with Crippen LogP contribution in [0.2, 0.25) is 5.02 Å². The summed E-state index contributed by atoms with van der Waals surface area (Å²) < 4.78 is 0. The SMILES string of the molecule is CC(CN(C)C(=O)Cc1cccc(Cl)c1)C(N)=NO. The van der Waals surface area contributed by atoms with Crippen LogP contribution in [0.15, 0.2) is 29.4 Å². The van der Waals surface area contributed by atoms with Gasteiger partial charge in [0.05, 0.1) is 6.42 Å². The first-order valence-corrected chi connectivity index (χ1v) is 6.27. The van der Waals surface area contributed by atoms with Gasteiger partial charge in [-0.05, 0) is 17.7 Å². The van der Waals surface area contributed by atoms with Crippen molar-refractivity contribution in [2.24, 2.45) is 16.8 Å². The second-order valence-corrected chi connectivity index (χ2v) is 4.94. The first kappa shape index (κ1) is 15.3. The van der Waals surface area contributed by atoms with E-state index in [9.17, 15) is 4.79 Å². The fraction of sp³-hybridized carbons (Fsp3) is 0.385. The Kier molecular flexibility index (Phi) is 5.63. The third-order valence-corrected chi connectivity index (χ3v) is 3.07. The van der Waals surface area contributed by atoms with Crippen molar-refractivity contribution in [3.05, 3.63) is 34.9 Å². The second kappa shape index (κ2) is 6.99. The number of hydrogen-bond donors (Lipinski definition) is 2. The zero-order valence-electron chi connectivity index (χ0n) is 11.0. The van der Waals surface area contributed by atoms with Crippen LogP contribution in [0.1, 0.15) is 12.5 Å². The van der Waals surface area contributed by atoms with Gasteiger partial charge in [-0.25, -0.2) is 0 Å². The highest BCUT2D eigenvalue weighted by molar-refractivity contribution is 6.30. The molecule has 5 nitrogen and oxygen atoms in total. The van der Waals surface area contributed by atoms with Crippen molar-refractivity contribution < 1.29 is 10.0 Å². The molecule has 1 amide bonds. The Morgan fingerprint density at radius 2 is 2.26 bits per heavy atom. The van der Waals surface area contributed by atoms with E-state index in [0.29, 0.717) is 11.6 Å². The lowest BCUT2D eigenvalue weighted by molar-refractivity contribution is -0.129. The standard InChI is InChI=1S/C13H18ClN3O2/c1-9(13(15)16-19)8-17(2)12(18)7-10-4-3-5-11(14)6-10/h3-6,9,19H,7-8H2,1-2H3,(H2,15,16). The van der Waals surface area contributed by atoms with E-state index in [2.05, 4.69) is 5.16 Å². The van der Waals surface area contributed by atoms with Gasteiger partial charge in [-0.2, -0.15) is 0 Å². The van der Waals surface area contributed by atoms with Crippen LogP contribution < -0.4 is 5.73 Å². The Hall–Kier alpha value is -1.75. The van der Waals surface area contributed by atoms with E-state index in [4.69, 9.17) is 22.5 Å². The van der Waals surface area contributed by atoms with Crippen LogP contribution >= 0.6 is 11.6 Å². The number of benzene rings is 1. The minimum atomic E-state index is -0.196. The van der Waals surface area contributed by atoms with Gasteiger partial charge in [-0.15, -0.1) is 0 Å². The lowest BCUT2D eigenvalue weighted by atomic mass is 10.1. The first-order chi connectivity index (χ1) is 8.93. The van der Waals surface area contributed by atoms with Crippen LogP contribution in [0.25, 0.3) is 0 Å². The highest BCUT2D eigenvalue weighted by atomic mass is 35.5. The van der Waals surface area contributed by atoms with Crippen LogP contribution in [-0.2, 0) is 11.2 Å². The van der Waals surface area contributed by atoms with Gasteiger partial charge in [0.25, 0.3) is 0 Å². The number of halogens is 1. The summed E-state index contributed by atoms with van der Waals surface area (Å²) in [7, 11) is 1.69. The van der Waals surface area contributed by atoms with E-state index in [0.717, 1.165) is 5.56 Å². The van der Waals surface area contributed by atoms with Gasteiger partial charge in [0.15, 0.2) is 0 Å². The minimum absolute atomic E-state index is 0.0418. The fourth-order valence-electron chi connectivity index (χ4n) is 1.66. The summed E-state index contributed by atoms with van der Waals surface area (Å²) >= 11 is 5.87. The first-order valence-electron chi connectivity index (χ1n) is 5.90. The molecule has 1 aromatic carbocycles. The number of hydrogen-bond acceptors (Lipinski definition) is 3. The van der Waals surface area contributed by atoms with E-state index >= 15 is 0 Å². The van der Waals surface area contributed by atoms with Crippen LogP contribution in [0.5, 0.6) is 0 Å². The molecule has 0 saturated heterocycles. The molecule has 104 valence electrons. The number of nitrogens with zero attached hydrogens (tertiary/aromatic N) is 2. The number of carbonyl (C=O) groups excluding carboxylic acids is 1. The van der Waals surface area contributed by atoms with Crippen LogP contribution in [0.4, 0.5) is 0 Å². The number of oxime groups is 1. The van der Waals surface area contributed by atoms with Crippen molar-refractivity contribution >= 4 is 23.3 Å². The Morgan fingerprint density at radius 3 is 2.84 bits per heavy atom. The van der Waals surface area contributed by atoms with E-state index in [1.165, 1.54) is 0 Å². The number of amidine groups is 1. The molecule has 0 aliphatic heterocycles. The Labute approximate surface area is 117 Å². The molecule has 0 spiro atoms. The lowest BCUT2D eigenvalue weighted by Gasteiger charge is -2.21. The molecule has 0 aliphatic rings. The van der Waals surface area contributed by atoms with Crippen LogP contribution in [0, 0.1) is 5.92 Å². The quantitative estimate of drug-likeness (QED) is 0.374. The molecule has 3 N–H and O–H groups in total. The number of nitrogens with two attached hydrogens (primary N) is 1. The molecule has 0 saturated carbocycles. The van der Waals surface area contributed by atoms with E-state index in [1.807, 2.05) is 12.1 Å². The molecule has 0 aliphatic carbocycles. The highest BCUT2D eigenvalue weighted by Crippen LogP contribution is 2.12. The van der Waals surface area contributed by atoms with Gasteiger partial charge in [0.2, 0.25) is 5.91 Å². The Bertz CT molecular complexity index is 477.